The molecule has 0 aliphatic carbocycles. The standard InChI is InChI=1S/C27H25FN4O/c1-30(2)23-15-9-19(10-16-23)26-25-8-5-17-31(25)24-7-4-3-6-20(24)18-32(26)27(33)29-22-13-11-21(28)12-14-22/h3-17,26H,18H2,1-2H3,(H,29,33). The van der Waals surface area contributed by atoms with Crippen LogP contribution in [0.3, 0.4) is 0 Å². The molecule has 5 rings (SSSR count). The summed E-state index contributed by atoms with van der Waals surface area (Å²) in [5.41, 5.74) is 5.78. The van der Waals surface area contributed by atoms with E-state index in [2.05, 4.69) is 57.2 Å². The Bertz CT molecular complexity index is 1280. The van der Waals surface area contributed by atoms with E-state index >= 15 is 0 Å². The zero-order valence-corrected chi connectivity index (χ0v) is 18.6. The zero-order chi connectivity index (χ0) is 22.9. The summed E-state index contributed by atoms with van der Waals surface area (Å²) in [6.45, 7) is 0.435. The molecule has 0 spiro atoms. The van der Waals surface area contributed by atoms with Gasteiger partial charge in [0.15, 0.2) is 0 Å². The van der Waals surface area contributed by atoms with Gasteiger partial charge in [-0.05, 0) is 65.7 Å². The molecule has 2 amide bonds. The maximum Gasteiger partial charge on any atom is 0.322 e. The van der Waals surface area contributed by atoms with E-state index in [0.29, 0.717) is 12.2 Å². The first-order valence-corrected chi connectivity index (χ1v) is 10.9. The number of carbonyl (C=O) groups excluding carboxylic acids is 1. The van der Waals surface area contributed by atoms with Gasteiger partial charge in [0.25, 0.3) is 0 Å². The molecule has 0 fully saturated rings. The molecule has 1 aliphatic heterocycles. The fourth-order valence-electron chi connectivity index (χ4n) is 4.37. The minimum atomic E-state index is -0.339. The summed E-state index contributed by atoms with van der Waals surface area (Å²) in [5, 5.41) is 2.95. The maximum absolute atomic E-state index is 13.6. The van der Waals surface area contributed by atoms with E-state index in [9.17, 15) is 9.18 Å². The molecule has 5 nitrogen and oxygen atoms in total. The highest BCUT2D eigenvalue weighted by Gasteiger charge is 2.33. The lowest BCUT2D eigenvalue weighted by molar-refractivity contribution is 0.194. The smallest absolute Gasteiger partial charge is 0.322 e. The monoisotopic (exact) mass is 440 g/mol. The van der Waals surface area contributed by atoms with Crippen molar-refractivity contribution in [3.8, 4) is 5.69 Å². The number of hydrogen-bond donors (Lipinski definition) is 1. The van der Waals surface area contributed by atoms with E-state index in [4.69, 9.17) is 0 Å². The summed E-state index contributed by atoms with van der Waals surface area (Å²) < 4.78 is 15.5. The predicted octanol–water partition coefficient (Wildman–Crippen LogP) is 5.82. The van der Waals surface area contributed by atoms with Crippen molar-refractivity contribution in [3.05, 3.63) is 114 Å². The number of halogens is 1. The van der Waals surface area contributed by atoms with Crippen molar-refractivity contribution >= 4 is 17.4 Å². The largest absolute Gasteiger partial charge is 0.378 e. The van der Waals surface area contributed by atoms with Gasteiger partial charge in [0, 0.05) is 37.4 Å². The van der Waals surface area contributed by atoms with E-state index < -0.39 is 0 Å². The Kier molecular flexibility index (Phi) is 5.34. The average molecular weight is 441 g/mol. The lowest BCUT2D eigenvalue weighted by Crippen LogP contribution is -2.37. The molecule has 1 atom stereocenters. The van der Waals surface area contributed by atoms with Gasteiger partial charge in [-0.15, -0.1) is 0 Å². The molecule has 0 radical (unpaired) electrons. The topological polar surface area (TPSA) is 40.5 Å². The minimum Gasteiger partial charge on any atom is -0.378 e. The molecule has 166 valence electrons. The molecule has 4 aromatic rings. The number of amides is 2. The van der Waals surface area contributed by atoms with Gasteiger partial charge in [-0.25, -0.2) is 9.18 Å². The van der Waals surface area contributed by atoms with Crippen LogP contribution in [0.15, 0.2) is 91.1 Å². The molecule has 1 unspecified atom stereocenters. The van der Waals surface area contributed by atoms with Crippen LogP contribution in [-0.4, -0.2) is 29.6 Å². The van der Waals surface area contributed by atoms with Crippen LogP contribution in [0.25, 0.3) is 5.69 Å². The molecule has 0 bridgehead atoms. The van der Waals surface area contributed by atoms with Gasteiger partial charge in [0.1, 0.15) is 5.82 Å². The third kappa shape index (κ3) is 3.96. The first-order chi connectivity index (χ1) is 16.0. The number of anilines is 2. The highest BCUT2D eigenvalue weighted by Crippen LogP contribution is 2.37. The summed E-state index contributed by atoms with van der Waals surface area (Å²) in [6, 6.07) is 25.8. The van der Waals surface area contributed by atoms with E-state index in [1.54, 1.807) is 12.1 Å². The van der Waals surface area contributed by atoms with Gasteiger partial charge in [0.05, 0.1) is 18.3 Å². The Hall–Kier alpha value is -4.06. The summed E-state index contributed by atoms with van der Waals surface area (Å²) >= 11 is 0. The molecule has 1 N–H and O–H groups in total. The van der Waals surface area contributed by atoms with Crippen molar-refractivity contribution in [2.45, 2.75) is 12.6 Å². The van der Waals surface area contributed by atoms with Crippen LogP contribution >= 0.6 is 0 Å². The molecule has 3 aromatic carbocycles. The Morgan fingerprint density at radius 3 is 2.39 bits per heavy atom. The lowest BCUT2D eigenvalue weighted by atomic mass is 10.0. The molecule has 1 aliphatic rings. The van der Waals surface area contributed by atoms with Crippen LogP contribution in [0.5, 0.6) is 0 Å². The fourth-order valence-corrected chi connectivity index (χ4v) is 4.37. The molecule has 6 heteroatoms. The number of nitrogens with zero attached hydrogens (tertiary/aromatic N) is 3. The fraction of sp³-hybridized carbons (Fsp3) is 0.148. The number of aromatic nitrogens is 1. The van der Waals surface area contributed by atoms with Gasteiger partial charge < -0.3 is 19.7 Å². The summed E-state index contributed by atoms with van der Waals surface area (Å²) in [4.78, 5) is 17.5. The third-order valence-corrected chi connectivity index (χ3v) is 6.05. The summed E-state index contributed by atoms with van der Waals surface area (Å²) in [6.07, 6.45) is 2.04. The minimum absolute atomic E-state index is 0.243. The molecule has 0 saturated carbocycles. The molecule has 2 heterocycles. The second-order valence-electron chi connectivity index (χ2n) is 8.39. The van der Waals surface area contributed by atoms with E-state index in [1.807, 2.05) is 43.4 Å². The van der Waals surface area contributed by atoms with Crippen molar-refractivity contribution in [1.82, 2.24) is 9.47 Å². The highest BCUT2D eigenvalue weighted by molar-refractivity contribution is 5.90. The number of nitrogens with one attached hydrogen (secondary N) is 1. The van der Waals surface area contributed by atoms with Crippen LogP contribution in [0.2, 0.25) is 0 Å². The number of urea groups is 1. The number of carbonyl (C=O) groups is 1. The zero-order valence-electron chi connectivity index (χ0n) is 18.6. The van der Waals surface area contributed by atoms with E-state index in [1.165, 1.54) is 12.1 Å². The van der Waals surface area contributed by atoms with Crippen LogP contribution in [-0.2, 0) is 6.54 Å². The Morgan fingerprint density at radius 2 is 1.67 bits per heavy atom. The van der Waals surface area contributed by atoms with Crippen LogP contribution in [0, 0.1) is 5.82 Å². The Labute approximate surface area is 192 Å². The maximum atomic E-state index is 13.6. The Balaban J connectivity index is 1.61. The summed E-state index contributed by atoms with van der Waals surface area (Å²) in [7, 11) is 4.01. The number of benzene rings is 3. The predicted molar refractivity (Wildman–Crippen MR) is 129 cm³/mol. The van der Waals surface area contributed by atoms with Gasteiger partial charge in [-0.1, -0.05) is 30.3 Å². The molecular weight excluding hydrogens is 415 g/mol. The SMILES string of the molecule is CN(C)c1ccc(C2c3cccn3-c3ccccc3CN2C(=O)Nc2ccc(F)cc2)cc1. The highest BCUT2D eigenvalue weighted by atomic mass is 19.1. The normalized spacial score (nSPS) is 14.8. The van der Waals surface area contributed by atoms with Crippen LogP contribution in [0.4, 0.5) is 20.6 Å². The van der Waals surface area contributed by atoms with Crippen molar-refractivity contribution in [2.24, 2.45) is 0 Å². The average Bonchev–Trinajstić information content (AvgIpc) is 3.25. The Morgan fingerprint density at radius 1 is 0.939 bits per heavy atom. The van der Waals surface area contributed by atoms with Crippen molar-refractivity contribution in [2.75, 3.05) is 24.3 Å². The van der Waals surface area contributed by atoms with Crippen LogP contribution in [0.1, 0.15) is 22.9 Å². The number of rotatable bonds is 3. The number of hydrogen-bond acceptors (Lipinski definition) is 2. The molecule has 0 saturated heterocycles. The van der Waals surface area contributed by atoms with E-state index in [0.717, 1.165) is 28.2 Å². The summed E-state index contributed by atoms with van der Waals surface area (Å²) in [5.74, 6) is -0.339. The third-order valence-electron chi connectivity index (χ3n) is 6.05. The van der Waals surface area contributed by atoms with Gasteiger partial charge >= 0.3 is 6.03 Å². The van der Waals surface area contributed by atoms with Crippen molar-refractivity contribution in [3.63, 3.8) is 0 Å². The van der Waals surface area contributed by atoms with E-state index in [-0.39, 0.29) is 17.9 Å². The van der Waals surface area contributed by atoms with Crippen LogP contribution < -0.4 is 10.2 Å². The molecule has 1 aromatic heterocycles. The van der Waals surface area contributed by atoms with Gasteiger partial charge in [0.2, 0.25) is 0 Å². The lowest BCUT2D eigenvalue weighted by Gasteiger charge is -2.31. The number of para-hydroxylation sites is 1. The van der Waals surface area contributed by atoms with Gasteiger partial charge in [-0.3, -0.25) is 0 Å². The first-order valence-electron chi connectivity index (χ1n) is 10.9. The number of fused-ring (bicyclic) bond motifs is 3. The van der Waals surface area contributed by atoms with Crippen molar-refractivity contribution < 1.29 is 9.18 Å². The first kappa shape index (κ1) is 20.8. The van der Waals surface area contributed by atoms with Gasteiger partial charge in [-0.2, -0.15) is 0 Å². The second kappa shape index (κ2) is 8.47. The second-order valence-corrected chi connectivity index (χ2v) is 8.39. The molecular formula is C27H25FN4O. The quantitative estimate of drug-likeness (QED) is 0.436. The molecule has 33 heavy (non-hydrogen) atoms. The van der Waals surface area contributed by atoms with Crippen molar-refractivity contribution in [1.29, 1.82) is 0 Å².